The second kappa shape index (κ2) is 5.81. The van der Waals surface area contributed by atoms with E-state index in [4.69, 9.17) is 14.2 Å². The van der Waals surface area contributed by atoms with Crippen molar-refractivity contribution in [3.8, 4) is 17.2 Å². The van der Waals surface area contributed by atoms with Crippen LogP contribution in [-0.2, 0) is 0 Å². The van der Waals surface area contributed by atoms with Gasteiger partial charge < -0.3 is 24.5 Å². The lowest BCUT2D eigenvalue weighted by Crippen LogP contribution is -2.16. The zero-order valence-electron chi connectivity index (χ0n) is 13.1. The van der Waals surface area contributed by atoms with Crippen LogP contribution in [0.1, 0.15) is 10.4 Å². The fourth-order valence-corrected chi connectivity index (χ4v) is 2.73. The Bertz CT molecular complexity index is 917. The van der Waals surface area contributed by atoms with Crippen LogP contribution in [0.15, 0.2) is 42.6 Å². The Morgan fingerprint density at radius 3 is 2.79 bits per heavy atom. The van der Waals surface area contributed by atoms with Crippen LogP contribution < -0.4 is 19.5 Å². The van der Waals surface area contributed by atoms with E-state index in [0.717, 1.165) is 10.9 Å². The molecule has 1 aliphatic rings. The van der Waals surface area contributed by atoms with Gasteiger partial charge in [0.1, 0.15) is 19.0 Å². The number of benzene rings is 2. The minimum absolute atomic E-state index is 0.203. The van der Waals surface area contributed by atoms with Crippen molar-refractivity contribution in [3.63, 3.8) is 0 Å². The summed E-state index contributed by atoms with van der Waals surface area (Å²) in [4.78, 5) is 15.7. The van der Waals surface area contributed by atoms with Crippen LogP contribution in [0.25, 0.3) is 10.9 Å². The first-order valence-corrected chi connectivity index (χ1v) is 7.61. The fourth-order valence-electron chi connectivity index (χ4n) is 2.73. The van der Waals surface area contributed by atoms with Gasteiger partial charge in [-0.15, -0.1) is 0 Å². The molecule has 24 heavy (non-hydrogen) atoms. The zero-order valence-corrected chi connectivity index (χ0v) is 13.1. The predicted molar refractivity (Wildman–Crippen MR) is 90.2 cm³/mol. The van der Waals surface area contributed by atoms with Gasteiger partial charge in [0.2, 0.25) is 0 Å². The number of carbonyl (C=O) groups excluding carboxylic acids is 1. The lowest BCUT2D eigenvalue weighted by molar-refractivity contribution is 0.102. The number of H-pyrrole nitrogens is 1. The van der Waals surface area contributed by atoms with Gasteiger partial charge in [0.05, 0.1) is 12.7 Å². The van der Waals surface area contributed by atoms with E-state index in [1.165, 1.54) is 0 Å². The van der Waals surface area contributed by atoms with Crippen LogP contribution in [0.5, 0.6) is 17.2 Å². The minimum Gasteiger partial charge on any atom is -0.497 e. The molecule has 0 unspecified atom stereocenters. The van der Waals surface area contributed by atoms with E-state index < -0.39 is 0 Å². The van der Waals surface area contributed by atoms with Gasteiger partial charge in [-0.05, 0) is 30.3 Å². The van der Waals surface area contributed by atoms with Gasteiger partial charge >= 0.3 is 0 Å². The molecule has 6 nitrogen and oxygen atoms in total. The SMILES string of the molecule is COc1ccc2[nH]cc(C(=O)Nc3ccc4c(c3)OCCO4)c2c1. The maximum absolute atomic E-state index is 12.6. The Balaban J connectivity index is 1.62. The summed E-state index contributed by atoms with van der Waals surface area (Å²) < 4.78 is 16.3. The van der Waals surface area contributed by atoms with Crippen molar-refractivity contribution in [2.45, 2.75) is 0 Å². The summed E-state index contributed by atoms with van der Waals surface area (Å²) in [5.41, 5.74) is 2.09. The van der Waals surface area contributed by atoms with Gasteiger partial charge in [0.15, 0.2) is 11.5 Å². The number of anilines is 1. The highest BCUT2D eigenvalue weighted by Crippen LogP contribution is 2.33. The van der Waals surface area contributed by atoms with E-state index in [-0.39, 0.29) is 5.91 Å². The first-order chi connectivity index (χ1) is 11.7. The third-order valence-electron chi connectivity index (χ3n) is 3.93. The maximum atomic E-state index is 12.6. The summed E-state index contributed by atoms with van der Waals surface area (Å²) in [6.45, 7) is 1.04. The Kier molecular flexibility index (Phi) is 3.49. The number of fused-ring (bicyclic) bond motifs is 2. The number of methoxy groups -OCH3 is 1. The molecule has 122 valence electrons. The molecule has 2 aromatic carbocycles. The first-order valence-electron chi connectivity index (χ1n) is 7.61. The van der Waals surface area contributed by atoms with Crippen molar-refractivity contribution in [2.24, 2.45) is 0 Å². The highest BCUT2D eigenvalue weighted by atomic mass is 16.6. The summed E-state index contributed by atoms with van der Waals surface area (Å²) in [5.74, 6) is 1.83. The number of nitrogens with one attached hydrogen (secondary N) is 2. The Labute approximate surface area is 138 Å². The number of ether oxygens (including phenoxy) is 3. The Hall–Kier alpha value is -3.15. The smallest absolute Gasteiger partial charge is 0.257 e. The maximum Gasteiger partial charge on any atom is 0.257 e. The van der Waals surface area contributed by atoms with Crippen LogP contribution in [0.4, 0.5) is 5.69 Å². The van der Waals surface area contributed by atoms with Gasteiger partial charge in [-0.3, -0.25) is 4.79 Å². The molecule has 1 aromatic heterocycles. The predicted octanol–water partition coefficient (Wildman–Crippen LogP) is 3.20. The standard InChI is InChI=1S/C18H16N2O4/c1-22-12-3-4-15-13(9-12)14(10-19-15)18(21)20-11-2-5-16-17(8-11)24-7-6-23-16/h2-5,8-10,19H,6-7H2,1H3,(H,20,21). The lowest BCUT2D eigenvalue weighted by atomic mass is 10.1. The molecule has 0 bridgehead atoms. The summed E-state index contributed by atoms with van der Waals surface area (Å²) in [5, 5.41) is 3.70. The fraction of sp³-hybridized carbons (Fsp3) is 0.167. The molecule has 0 saturated heterocycles. The van der Waals surface area contributed by atoms with E-state index >= 15 is 0 Å². The van der Waals surface area contributed by atoms with Gasteiger partial charge in [-0.2, -0.15) is 0 Å². The highest BCUT2D eigenvalue weighted by Gasteiger charge is 2.16. The van der Waals surface area contributed by atoms with E-state index in [9.17, 15) is 4.79 Å². The molecule has 0 radical (unpaired) electrons. The summed E-state index contributed by atoms with van der Waals surface area (Å²) in [7, 11) is 1.60. The number of hydrogen-bond donors (Lipinski definition) is 2. The molecule has 3 aromatic rings. The van der Waals surface area contributed by atoms with E-state index in [1.54, 1.807) is 31.5 Å². The molecule has 6 heteroatoms. The van der Waals surface area contributed by atoms with Crippen LogP contribution in [0, 0.1) is 0 Å². The van der Waals surface area contributed by atoms with Crippen LogP contribution in [-0.4, -0.2) is 31.2 Å². The quantitative estimate of drug-likeness (QED) is 0.776. The van der Waals surface area contributed by atoms with Crippen LogP contribution in [0.2, 0.25) is 0 Å². The monoisotopic (exact) mass is 324 g/mol. The molecule has 0 fully saturated rings. The van der Waals surface area contributed by atoms with Crippen molar-refractivity contribution >= 4 is 22.5 Å². The number of hydrogen-bond acceptors (Lipinski definition) is 4. The van der Waals surface area contributed by atoms with Gasteiger partial charge in [-0.1, -0.05) is 0 Å². The topological polar surface area (TPSA) is 72.6 Å². The zero-order chi connectivity index (χ0) is 16.5. The Morgan fingerprint density at radius 1 is 1.12 bits per heavy atom. The minimum atomic E-state index is -0.203. The normalized spacial score (nSPS) is 12.9. The van der Waals surface area contributed by atoms with Gasteiger partial charge in [0.25, 0.3) is 5.91 Å². The molecule has 1 amide bonds. The number of amides is 1. The second-order valence-corrected chi connectivity index (χ2v) is 5.43. The van der Waals surface area contributed by atoms with Crippen molar-refractivity contribution in [1.29, 1.82) is 0 Å². The van der Waals surface area contributed by atoms with Crippen LogP contribution >= 0.6 is 0 Å². The molecule has 1 aliphatic heterocycles. The molecular weight excluding hydrogens is 308 g/mol. The number of rotatable bonds is 3. The highest BCUT2D eigenvalue weighted by molar-refractivity contribution is 6.13. The molecule has 0 atom stereocenters. The third-order valence-corrected chi connectivity index (χ3v) is 3.93. The van der Waals surface area contributed by atoms with Gasteiger partial charge in [0, 0.05) is 28.9 Å². The van der Waals surface area contributed by atoms with Crippen molar-refractivity contribution in [2.75, 3.05) is 25.6 Å². The van der Waals surface area contributed by atoms with E-state index in [0.29, 0.717) is 41.7 Å². The average molecular weight is 324 g/mol. The number of aromatic amines is 1. The van der Waals surface area contributed by atoms with Gasteiger partial charge in [-0.25, -0.2) is 0 Å². The van der Waals surface area contributed by atoms with Crippen molar-refractivity contribution in [1.82, 2.24) is 4.98 Å². The first kappa shape index (κ1) is 14.4. The largest absolute Gasteiger partial charge is 0.497 e. The molecule has 4 rings (SSSR count). The molecule has 0 saturated carbocycles. The molecule has 0 spiro atoms. The molecular formula is C18H16N2O4. The molecule has 2 N–H and O–H groups in total. The molecule has 0 aliphatic carbocycles. The molecule has 2 heterocycles. The van der Waals surface area contributed by atoms with E-state index in [2.05, 4.69) is 10.3 Å². The van der Waals surface area contributed by atoms with Crippen molar-refractivity contribution in [3.05, 3.63) is 48.2 Å². The Morgan fingerprint density at radius 2 is 1.96 bits per heavy atom. The van der Waals surface area contributed by atoms with Crippen LogP contribution in [0.3, 0.4) is 0 Å². The summed E-state index contributed by atoms with van der Waals surface area (Å²) in [6.07, 6.45) is 1.69. The second-order valence-electron chi connectivity index (χ2n) is 5.43. The summed E-state index contributed by atoms with van der Waals surface area (Å²) in [6, 6.07) is 10.9. The summed E-state index contributed by atoms with van der Waals surface area (Å²) >= 11 is 0. The number of aromatic nitrogens is 1. The van der Waals surface area contributed by atoms with E-state index in [1.807, 2.05) is 18.2 Å². The average Bonchev–Trinajstić information content (AvgIpc) is 3.04. The third kappa shape index (κ3) is 2.52. The van der Waals surface area contributed by atoms with Crippen molar-refractivity contribution < 1.29 is 19.0 Å². The number of carbonyl (C=O) groups is 1. The lowest BCUT2D eigenvalue weighted by Gasteiger charge is -2.19.